The van der Waals surface area contributed by atoms with Gasteiger partial charge in [0.1, 0.15) is 4.71 Å². The van der Waals surface area contributed by atoms with Gasteiger partial charge < -0.3 is 4.90 Å². The maximum atomic E-state index is 4.68. The lowest BCUT2D eigenvalue weighted by Gasteiger charge is -2.23. The fraction of sp³-hybridized carbons (Fsp3) is 0.567. The van der Waals surface area contributed by atoms with Gasteiger partial charge in [-0.1, -0.05) is 108 Å². The highest BCUT2D eigenvalue weighted by molar-refractivity contribution is 8.11. The van der Waals surface area contributed by atoms with Crippen molar-refractivity contribution in [2.45, 2.75) is 98.9 Å². The summed E-state index contributed by atoms with van der Waals surface area (Å²) in [5.41, 5.74) is 2.49. The van der Waals surface area contributed by atoms with Gasteiger partial charge in [0.2, 0.25) is 0 Å². The van der Waals surface area contributed by atoms with Crippen molar-refractivity contribution in [3.8, 4) is 0 Å². The van der Waals surface area contributed by atoms with Gasteiger partial charge >= 0.3 is 0 Å². The third-order valence-electron chi connectivity index (χ3n) is 6.52. The van der Waals surface area contributed by atoms with E-state index in [1.165, 1.54) is 83.8 Å². The topological polar surface area (TPSA) is 19.4 Å². The third-order valence-corrected chi connectivity index (χ3v) is 10.4. The molecule has 1 atom stereocenters. The molecule has 1 aliphatic rings. The number of unbranched alkanes of at least 4 members (excludes halogenated alkanes) is 8. The number of hydrogen-bond donors (Lipinski definition) is 1. The van der Waals surface area contributed by atoms with Gasteiger partial charge in [-0.15, -0.1) is 24.0 Å². The van der Waals surface area contributed by atoms with E-state index in [4.69, 9.17) is 0 Å². The van der Waals surface area contributed by atoms with Crippen LogP contribution >= 0.6 is 47.7 Å². The maximum Gasteiger partial charge on any atom is 0.166 e. The Morgan fingerprint density at radius 1 is 0.865 bits per heavy atom. The van der Waals surface area contributed by atoms with Crippen LogP contribution in [-0.4, -0.2) is 33.6 Å². The summed E-state index contributed by atoms with van der Waals surface area (Å²) < 4.78 is 5.18. The Balaban J connectivity index is 0.000000206. The molecule has 0 amide bonds. The summed E-state index contributed by atoms with van der Waals surface area (Å²) in [6.45, 7) is 10.1. The molecule has 0 fully saturated rings. The van der Waals surface area contributed by atoms with Crippen LogP contribution < -0.4 is 4.90 Å². The SMILES string of the molecule is CCCCCCCCN1c2ccccc2SC1S.CCCCCCN(CC)Sc1nc2ccccc2s1. The zero-order chi connectivity index (χ0) is 26.3. The predicted molar refractivity (Wildman–Crippen MR) is 173 cm³/mol. The van der Waals surface area contributed by atoms with E-state index < -0.39 is 0 Å². The number of para-hydroxylation sites is 2. The van der Waals surface area contributed by atoms with Gasteiger partial charge in [-0.2, -0.15) is 0 Å². The highest BCUT2D eigenvalue weighted by Gasteiger charge is 2.26. The van der Waals surface area contributed by atoms with Gasteiger partial charge in [-0.25, -0.2) is 9.29 Å². The molecule has 1 aromatic heterocycles. The van der Waals surface area contributed by atoms with Crippen LogP contribution in [0.1, 0.15) is 85.0 Å². The van der Waals surface area contributed by atoms with Crippen molar-refractivity contribution in [1.29, 1.82) is 0 Å². The van der Waals surface area contributed by atoms with Crippen LogP contribution in [0.5, 0.6) is 0 Å². The van der Waals surface area contributed by atoms with Crippen LogP contribution in [0, 0.1) is 0 Å². The zero-order valence-corrected chi connectivity index (χ0v) is 26.2. The lowest BCUT2D eigenvalue weighted by atomic mass is 10.1. The smallest absolute Gasteiger partial charge is 0.166 e. The van der Waals surface area contributed by atoms with Crippen molar-refractivity contribution in [2.24, 2.45) is 0 Å². The predicted octanol–water partition coefficient (Wildman–Crippen LogP) is 10.4. The van der Waals surface area contributed by atoms with Crippen LogP contribution in [0.4, 0.5) is 5.69 Å². The first-order valence-corrected chi connectivity index (χ1v) is 17.1. The number of hydrogen-bond acceptors (Lipinski definition) is 7. The molecule has 2 aromatic carbocycles. The molecule has 0 radical (unpaired) electrons. The first kappa shape index (κ1) is 30.7. The summed E-state index contributed by atoms with van der Waals surface area (Å²) in [5, 5.41) is 0. The number of nitrogens with zero attached hydrogens (tertiary/aromatic N) is 3. The quantitative estimate of drug-likeness (QED) is 0.110. The Bertz CT molecular complexity index is 992. The van der Waals surface area contributed by atoms with E-state index in [1.807, 2.05) is 23.7 Å². The molecule has 7 heteroatoms. The molecule has 0 spiro atoms. The average molecular weight is 576 g/mol. The van der Waals surface area contributed by atoms with E-state index in [0.717, 1.165) is 25.2 Å². The number of rotatable bonds is 15. The molecule has 0 N–H and O–H groups in total. The molecule has 204 valence electrons. The molecular formula is C30H45N3S4. The van der Waals surface area contributed by atoms with Crippen LogP contribution in [-0.2, 0) is 0 Å². The van der Waals surface area contributed by atoms with Gasteiger partial charge in [-0.3, -0.25) is 0 Å². The summed E-state index contributed by atoms with van der Waals surface area (Å²) in [6.07, 6.45) is 13.4. The largest absolute Gasteiger partial charge is 0.350 e. The highest BCUT2D eigenvalue weighted by atomic mass is 32.2. The minimum absolute atomic E-state index is 0.304. The van der Waals surface area contributed by atoms with Crippen molar-refractivity contribution in [3.05, 3.63) is 48.5 Å². The van der Waals surface area contributed by atoms with Crippen LogP contribution in [0.3, 0.4) is 0 Å². The van der Waals surface area contributed by atoms with Crippen molar-refractivity contribution in [2.75, 3.05) is 24.5 Å². The fourth-order valence-corrected chi connectivity index (χ4v) is 8.13. The number of thiol groups is 1. The Hall–Kier alpha value is -0.860. The Morgan fingerprint density at radius 2 is 1.54 bits per heavy atom. The van der Waals surface area contributed by atoms with Gasteiger partial charge in [0, 0.05) is 24.5 Å². The van der Waals surface area contributed by atoms with Crippen molar-refractivity contribution >= 4 is 63.6 Å². The molecular weight excluding hydrogens is 531 g/mol. The van der Waals surface area contributed by atoms with E-state index in [2.05, 4.69) is 96.1 Å². The second kappa shape index (κ2) is 17.7. The molecule has 0 bridgehead atoms. The normalized spacial score (nSPS) is 14.7. The number of aromatic nitrogens is 1. The average Bonchev–Trinajstić information content (AvgIpc) is 3.47. The minimum Gasteiger partial charge on any atom is -0.350 e. The number of fused-ring (bicyclic) bond motifs is 2. The summed E-state index contributed by atoms with van der Waals surface area (Å²) in [4.78, 5) is 8.50. The number of benzene rings is 2. The maximum absolute atomic E-state index is 4.68. The summed E-state index contributed by atoms with van der Waals surface area (Å²) in [7, 11) is 0. The second-order valence-electron chi connectivity index (χ2n) is 9.49. The number of anilines is 1. The molecule has 0 saturated carbocycles. The number of thioether (sulfide) groups is 1. The van der Waals surface area contributed by atoms with E-state index in [0.29, 0.717) is 4.71 Å². The highest BCUT2D eigenvalue weighted by Crippen LogP contribution is 2.44. The van der Waals surface area contributed by atoms with Gasteiger partial charge in [0.05, 0.1) is 15.9 Å². The monoisotopic (exact) mass is 575 g/mol. The Morgan fingerprint density at radius 3 is 2.30 bits per heavy atom. The van der Waals surface area contributed by atoms with Crippen molar-refractivity contribution in [1.82, 2.24) is 9.29 Å². The molecule has 3 aromatic rings. The first-order valence-electron chi connectivity index (χ1n) is 14.1. The van der Waals surface area contributed by atoms with Gasteiger partial charge in [-0.05, 0) is 49.1 Å². The zero-order valence-electron chi connectivity index (χ0n) is 22.9. The molecule has 37 heavy (non-hydrogen) atoms. The van der Waals surface area contributed by atoms with E-state index >= 15 is 0 Å². The van der Waals surface area contributed by atoms with Crippen LogP contribution in [0.2, 0.25) is 0 Å². The van der Waals surface area contributed by atoms with Crippen molar-refractivity contribution in [3.63, 3.8) is 0 Å². The summed E-state index contributed by atoms with van der Waals surface area (Å²) in [6, 6.07) is 17.0. The van der Waals surface area contributed by atoms with Crippen LogP contribution in [0.25, 0.3) is 10.2 Å². The summed E-state index contributed by atoms with van der Waals surface area (Å²) in [5.74, 6) is 0. The molecule has 3 nitrogen and oxygen atoms in total. The third kappa shape index (κ3) is 10.3. The van der Waals surface area contributed by atoms with Crippen LogP contribution in [0.15, 0.2) is 57.8 Å². The van der Waals surface area contributed by atoms with Crippen molar-refractivity contribution < 1.29 is 0 Å². The fourth-order valence-electron chi connectivity index (χ4n) is 4.37. The molecule has 0 aliphatic carbocycles. The van der Waals surface area contributed by atoms with E-state index in [1.54, 1.807) is 11.3 Å². The second-order valence-corrected chi connectivity index (χ2v) is 13.8. The van der Waals surface area contributed by atoms with E-state index in [9.17, 15) is 0 Å². The molecule has 1 unspecified atom stereocenters. The molecule has 1 aliphatic heterocycles. The standard InChI is InChI=1S/C15H22N2S2.C15H23NS2/c1-3-5-6-9-12-17(4-2)19-15-16-13-10-7-8-11-14(13)18-15;1-2-3-4-5-6-9-12-16-13-10-7-8-11-14(13)18-15(16)17/h7-8,10-11H,3-6,9,12H2,1-2H3;7-8,10-11,15,17H,2-6,9,12H2,1H3. The van der Waals surface area contributed by atoms with Gasteiger partial charge in [0.15, 0.2) is 4.34 Å². The molecule has 2 heterocycles. The molecule has 4 rings (SSSR count). The summed E-state index contributed by atoms with van der Waals surface area (Å²) >= 11 is 10.1. The van der Waals surface area contributed by atoms with Gasteiger partial charge in [0.25, 0.3) is 0 Å². The number of thiazole rings is 1. The lowest BCUT2D eigenvalue weighted by Crippen LogP contribution is -2.26. The minimum atomic E-state index is 0.304. The Labute approximate surface area is 243 Å². The first-order chi connectivity index (χ1) is 18.2. The Kier molecular flexibility index (Phi) is 14.7. The molecule has 0 saturated heterocycles. The van der Waals surface area contributed by atoms with E-state index in [-0.39, 0.29) is 0 Å². The lowest BCUT2D eigenvalue weighted by molar-refractivity contribution is 0.466.